The molecule has 0 unspecified atom stereocenters. The van der Waals surface area contributed by atoms with Gasteiger partial charge < -0.3 is 19.3 Å². The second-order valence-corrected chi connectivity index (χ2v) is 17.7. The van der Waals surface area contributed by atoms with Gasteiger partial charge in [-0.25, -0.2) is 14.2 Å². The van der Waals surface area contributed by atoms with Gasteiger partial charge >= 0.3 is 32.6 Å². The summed E-state index contributed by atoms with van der Waals surface area (Å²) in [7, 11) is -5.57. The van der Waals surface area contributed by atoms with Gasteiger partial charge in [-0.05, 0) is 73.6 Å². The number of aryl methyl sites for hydroxylation is 1. The molecule has 1 aromatic heterocycles. The van der Waals surface area contributed by atoms with Gasteiger partial charge in [0.15, 0.2) is 0 Å². The number of halogens is 1. The van der Waals surface area contributed by atoms with Gasteiger partial charge in [-0.2, -0.15) is 25.4 Å². The molecular formula is C30H49ClN7O8S2+. The molecule has 1 N–H and O–H groups in total. The molecule has 2 saturated heterocycles. The Morgan fingerprint density at radius 3 is 1.79 bits per heavy atom. The molecular weight excluding hydrogens is 686 g/mol. The number of nitrogens with one attached hydrogen (secondary N) is 1. The Kier molecular flexibility index (Phi) is 12.4. The number of carbonyl (C=O) groups is 2. The molecule has 2 fully saturated rings. The Balaban J connectivity index is 0.000000261. The highest BCUT2D eigenvalue weighted by Crippen LogP contribution is 2.21. The van der Waals surface area contributed by atoms with Crippen molar-refractivity contribution < 1.29 is 40.5 Å². The van der Waals surface area contributed by atoms with E-state index in [2.05, 4.69) is 4.72 Å². The standard InChI is InChI=1S/C16H24ClN3O4S.C14H25N4O4S/c1-12-11-19(8-9-20(12)15(21)24-16(2,3)4)25(22,23)18-14-7-5-6-13(17)10-14;1-12-10-16(23(20,21)17-7-6-15(5)11-17)8-9-18(12)13(19)22-14(2,3)4/h5-7,10,12,18H,8-9,11H2,1-4H3;6-7,11-12H,8-10H2,1-5H3/q;+1/t2*12-/m00/s1. The molecule has 0 radical (unpaired) electrons. The van der Waals surface area contributed by atoms with Crippen LogP contribution in [-0.4, -0.2) is 114 Å². The van der Waals surface area contributed by atoms with E-state index < -0.39 is 43.8 Å². The number of amides is 2. The molecule has 4 rings (SSSR count). The lowest BCUT2D eigenvalue weighted by Crippen LogP contribution is -2.57. The van der Waals surface area contributed by atoms with E-state index in [4.69, 9.17) is 21.1 Å². The predicted octanol–water partition coefficient (Wildman–Crippen LogP) is 3.28. The summed E-state index contributed by atoms with van der Waals surface area (Å²) in [6, 6.07) is 5.96. The second kappa shape index (κ2) is 15.2. The number of hydrogen-bond donors (Lipinski definition) is 1. The summed E-state index contributed by atoms with van der Waals surface area (Å²) in [5.41, 5.74) is -0.761. The first-order valence-corrected chi connectivity index (χ1v) is 18.8. The maximum absolute atomic E-state index is 12.6. The zero-order chi connectivity index (χ0) is 36.2. The van der Waals surface area contributed by atoms with Crippen molar-refractivity contribution >= 4 is 49.9 Å². The predicted molar refractivity (Wildman–Crippen MR) is 182 cm³/mol. The number of nitrogens with zero attached hydrogens (tertiary/aromatic N) is 6. The molecule has 2 aliphatic rings. The second-order valence-electron chi connectivity index (χ2n) is 13.8. The van der Waals surface area contributed by atoms with Gasteiger partial charge in [0.05, 0.1) is 12.7 Å². The summed E-state index contributed by atoms with van der Waals surface area (Å²) in [4.78, 5) is 27.5. The third-order valence-corrected chi connectivity index (χ3v) is 10.7. The largest absolute Gasteiger partial charge is 0.444 e. The Labute approximate surface area is 289 Å². The first kappa shape index (κ1) is 39.3. The zero-order valence-corrected chi connectivity index (χ0v) is 31.5. The topological polar surface area (TPSA) is 155 Å². The number of aromatic nitrogens is 2. The van der Waals surface area contributed by atoms with Gasteiger partial charge in [-0.3, -0.25) is 4.72 Å². The average molecular weight is 735 g/mol. The van der Waals surface area contributed by atoms with Crippen LogP contribution in [0.2, 0.25) is 5.02 Å². The minimum atomic E-state index is -3.72. The van der Waals surface area contributed by atoms with Gasteiger partial charge in [-0.15, -0.1) is 3.97 Å². The number of rotatable bonds is 5. The van der Waals surface area contributed by atoms with Crippen molar-refractivity contribution in [1.29, 1.82) is 0 Å². The van der Waals surface area contributed by atoms with Crippen molar-refractivity contribution in [2.45, 2.75) is 78.7 Å². The van der Waals surface area contributed by atoms with Crippen LogP contribution in [0.5, 0.6) is 0 Å². The molecule has 1 aromatic carbocycles. The minimum absolute atomic E-state index is 0.190. The molecule has 2 aromatic rings. The van der Waals surface area contributed by atoms with Gasteiger partial charge in [0, 0.05) is 56.4 Å². The molecule has 0 spiro atoms. The lowest BCUT2D eigenvalue weighted by Gasteiger charge is -2.39. The third-order valence-electron chi connectivity index (χ3n) is 7.19. The van der Waals surface area contributed by atoms with Crippen LogP contribution in [0.4, 0.5) is 15.3 Å². The summed E-state index contributed by atoms with van der Waals surface area (Å²) < 4.78 is 69.1. The molecule has 15 nitrogen and oxygen atoms in total. The van der Waals surface area contributed by atoms with Crippen molar-refractivity contribution in [2.24, 2.45) is 7.05 Å². The molecule has 270 valence electrons. The fourth-order valence-corrected chi connectivity index (χ4v) is 7.86. The zero-order valence-electron chi connectivity index (χ0n) is 29.1. The van der Waals surface area contributed by atoms with Gasteiger partial charge in [0.1, 0.15) is 23.6 Å². The molecule has 2 amide bonds. The Morgan fingerprint density at radius 2 is 1.35 bits per heavy atom. The highest BCUT2D eigenvalue weighted by molar-refractivity contribution is 7.90. The minimum Gasteiger partial charge on any atom is -0.444 e. The molecule has 18 heteroatoms. The van der Waals surface area contributed by atoms with E-state index in [9.17, 15) is 26.4 Å². The summed E-state index contributed by atoms with van der Waals surface area (Å²) in [5.74, 6) is 0. The number of carbonyl (C=O) groups excluding carboxylic acids is 2. The van der Waals surface area contributed by atoms with Crippen LogP contribution in [0.25, 0.3) is 0 Å². The van der Waals surface area contributed by atoms with E-state index in [-0.39, 0.29) is 44.8 Å². The van der Waals surface area contributed by atoms with Crippen LogP contribution in [0.3, 0.4) is 0 Å². The van der Waals surface area contributed by atoms with Crippen LogP contribution >= 0.6 is 11.6 Å². The number of piperazine rings is 2. The molecule has 2 atom stereocenters. The van der Waals surface area contributed by atoms with Crippen LogP contribution in [-0.2, 0) is 36.9 Å². The van der Waals surface area contributed by atoms with Gasteiger partial charge in [-0.1, -0.05) is 17.7 Å². The van der Waals surface area contributed by atoms with E-state index in [1.165, 1.54) is 25.1 Å². The fraction of sp³-hybridized carbons (Fsp3) is 0.633. The fourth-order valence-electron chi connectivity index (χ4n) is 4.92. The van der Waals surface area contributed by atoms with Crippen molar-refractivity contribution in [3.05, 3.63) is 48.0 Å². The normalized spacial score (nSPS) is 20.0. The Morgan fingerprint density at radius 1 is 0.854 bits per heavy atom. The average Bonchev–Trinajstić information content (AvgIpc) is 3.38. The number of hydrogen-bond acceptors (Lipinski definition) is 8. The monoisotopic (exact) mass is 734 g/mol. The number of ether oxygens (including phenoxy) is 2. The smallest absolute Gasteiger partial charge is 0.410 e. The van der Waals surface area contributed by atoms with Crippen LogP contribution in [0, 0.1) is 0 Å². The van der Waals surface area contributed by atoms with Gasteiger partial charge in [0.2, 0.25) is 0 Å². The maximum Gasteiger partial charge on any atom is 0.410 e. The van der Waals surface area contributed by atoms with E-state index in [0.29, 0.717) is 17.3 Å². The molecule has 0 saturated carbocycles. The Bertz CT molecular complexity index is 1660. The van der Waals surface area contributed by atoms with E-state index in [0.717, 1.165) is 0 Å². The van der Waals surface area contributed by atoms with E-state index in [1.807, 2.05) is 27.7 Å². The summed E-state index contributed by atoms with van der Waals surface area (Å²) in [5, 5.41) is 0.448. The molecule has 0 bridgehead atoms. The highest BCUT2D eigenvalue weighted by atomic mass is 35.5. The first-order chi connectivity index (χ1) is 22.0. The molecule has 3 heterocycles. The van der Waals surface area contributed by atoms with Crippen molar-refractivity contribution in [3.8, 4) is 0 Å². The molecule has 0 aliphatic carbocycles. The maximum atomic E-state index is 12.6. The third kappa shape index (κ3) is 10.9. The SMILES string of the molecule is C[C@H]1CN(S(=O)(=O)Nc2cccc(Cl)c2)CCN1C(=O)OC(C)(C)C.C[C@H]1CN(S(=O)(=O)n2cc[n+](C)c2)CCN1C(=O)OC(C)(C)C. The van der Waals surface area contributed by atoms with Crippen LogP contribution < -0.4 is 9.29 Å². The molecule has 48 heavy (non-hydrogen) atoms. The van der Waals surface area contributed by atoms with E-state index >= 15 is 0 Å². The highest BCUT2D eigenvalue weighted by Gasteiger charge is 2.38. The number of benzene rings is 1. The quantitative estimate of drug-likeness (QED) is 0.460. The van der Waals surface area contributed by atoms with Crippen molar-refractivity contribution in [2.75, 3.05) is 44.0 Å². The van der Waals surface area contributed by atoms with Crippen molar-refractivity contribution in [3.63, 3.8) is 0 Å². The van der Waals surface area contributed by atoms with Crippen LogP contribution in [0.15, 0.2) is 43.0 Å². The Hall–Kier alpha value is -3.12. The summed E-state index contributed by atoms with van der Waals surface area (Å²) >= 11 is 5.88. The number of anilines is 1. The molecule has 2 aliphatic heterocycles. The number of imidazole rings is 1. The summed E-state index contributed by atoms with van der Waals surface area (Å²) in [6.45, 7) is 15.9. The van der Waals surface area contributed by atoms with Crippen LogP contribution in [0.1, 0.15) is 55.4 Å². The summed E-state index contributed by atoms with van der Waals surface area (Å²) in [6.07, 6.45) is 3.83. The van der Waals surface area contributed by atoms with E-state index in [1.54, 1.807) is 79.6 Å². The van der Waals surface area contributed by atoms with Crippen molar-refractivity contribution in [1.82, 2.24) is 22.4 Å². The lowest BCUT2D eigenvalue weighted by molar-refractivity contribution is -0.670. The first-order valence-electron chi connectivity index (χ1n) is 15.5. The lowest BCUT2D eigenvalue weighted by atomic mass is 10.2. The van der Waals surface area contributed by atoms with Gasteiger partial charge in [0.25, 0.3) is 6.33 Å².